The number of thiocarbonyl (C=S) groups is 1. The van der Waals surface area contributed by atoms with Crippen molar-refractivity contribution in [3.63, 3.8) is 0 Å². The van der Waals surface area contributed by atoms with Crippen LogP contribution in [-0.4, -0.2) is 17.3 Å². The average Bonchev–Trinajstić information content (AvgIpc) is 3.07. The largest absolute Gasteiger partial charge is 0.493 e. The van der Waals surface area contributed by atoms with Crippen molar-refractivity contribution in [2.75, 3.05) is 12.0 Å². The number of carbonyl (C=O) groups excluding carboxylic acids is 1. The van der Waals surface area contributed by atoms with E-state index in [-0.39, 0.29) is 12.5 Å². The molecule has 9 heteroatoms. The molecule has 4 nitrogen and oxygen atoms in total. The van der Waals surface area contributed by atoms with E-state index in [1.165, 1.54) is 11.8 Å². The zero-order valence-electron chi connectivity index (χ0n) is 18.1. The fourth-order valence-electron chi connectivity index (χ4n) is 3.39. The highest BCUT2D eigenvalue weighted by atomic mass is 79.9. The fraction of sp³-hybridized carbons (Fsp3) is 0.120. The minimum Gasteiger partial charge on any atom is -0.493 e. The molecule has 0 bridgehead atoms. The Morgan fingerprint density at radius 2 is 1.91 bits per heavy atom. The Kier molecular flexibility index (Phi) is 7.90. The second-order valence-electron chi connectivity index (χ2n) is 7.36. The van der Waals surface area contributed by atoms with Gasteiger partial charge in [-0.3, -0.25) is 9.69 Å². The Balaban J connectivity index is 1.59. The van der Waals surface area contributed by atoms with Crippen LogP contribution in [0.3, 0.4) is 0 Å². The van der Waals surface area contributed by atoms with Crippen LogP contribution in [-0.2, 0) is 11.4 Å². The third-order valence-electron chi connectivity index (χ3n) is 5.09. The van der Waals surface area contributed by atoms with Crippen LogP contribution in [0.25, 0.3) is 6.08 Å². The molecule has 3 aromatic rings. The third-order valence-corrected chi connectivity index (χ3v) is 7.56. The van der Waals surface area contributed by atoms with Gasteiger partial charge in [0.1, 0.15) is 6.61 Å². The second-order valence-corrected chi connectivity index (χ2v) is 10.7. The number of halogens is 3. The first-order chi connectivity index (χ1) is 16.3. The molecule has 1 fully saturated rings. The molecule has 0 aliphatic carbocycles. The van der Waals surface area contributed by atoms with Gasteiger partial charge in [-0.25, -0.2) is 0 Å². The van der Waals surface area contributed by atoms with Crippen LogP contribution in [0.15, 0.2) is 64.0 Å². The maximum Gasteiger partial charge on any atom is 0.270 e. The summed E-state index contributed by atoms with van der Waals surface area (Å²) in [4.78, 5) is 15.3. The van der Waals surface area contributed by atoms with E-state index in [1.807, 2.05) is 49.4 Å². The van der Waals surface area contributed by atoms with E-state index in [1.54, 1.807) is 30.2 Å². The molecule has 1 heterocycles. The maximum absolute atomic E-state index is 13.2. The van der Waals surface area contributed by atoms with Crippen LogP contribution >= 0.6 is 63.1 Å². The molecule has 0 aromatic heterocycles. The second kappa shape index (κ2) is 10.7. The SMILES string of the molecule is COc1cc(/C=C2/SC(=S)N(c3ccccc3C)C2=O)cc(Br)c1OCc1ccc(Cl)cc1Cl. The molecule has 0 radical (unpaired) electrons. The summed E-state index contributed by atoms with van der Waals surface area (Å²) in [5.74, 6) is 0.885. The Morgan fingerprint density at radius 3 is 2.62 bits per heavy atom. The van der Waals surface area contributed by atoms with Crippen molar-refractivity contribution in [3.05, 3.63) is 90.7 Å². The molecule has 0 unspecified atom stereocenters. The summed E-state index contributed by atoms with van der Waals surface area (Å²) >= 11 is 22.6. The van der Waals surface area contributed by atoms with Crippen molar-refractivity contribution in [2.24, 2.45) is 0 Å². The first-order valence-electron chi connectivity index (χ1n) is 10.1. The lowest BCUT2D eigenvalue weighted by atomic mass is 10.1. The van der Waals surface area contributed by atoms with Crippen molar-refractivity contribution in [1.29, 1.82) is 0 Å². The molecule has 1 aliphatic heterocycles. The normalized spacial score (nSPS) is 14.7. The highest BCUT2D eigenvalue weighted by Crippen LogP contribution is 2.41. The number of methoxy groups -OCH3 is 1. The lowest BCUT2D eigenvalue weighted by Crippen LogP contribution is -2.28. The first-order valence-corrected chi connectivity index (χ1v) is 12.8. The summed E-state index contributed by atoms with van der Waals surface area (Å²) in [5.41, 5.74) is 3.33. The zero-order chi connectivity index (χ0) is 24.4. The van der Waals surface area contributed by atoms with Gasteiger partial charge in [0, 0.05) is 15.6 Å². The molecule has 0 saturated carbocycles. The lowest BCUT2D eigenvalue weighted by Gasteiger charge is -2.16. The molecular weight excluding hydrogens is 577 g/mol. The quantitative estimate of drug-likeness (QED) is 0.213. The standard InChI is InChI=1S/C25H18BrCl2NO3S2/c1-14-5-3-4-6-20(14)29-24(30)22(34-25(29)33)11-15-9-18(26)23(21(10-15)31-2)32-13-16-7-8-17(27)12-19(16)28/h3-12H,13H2,1-2H3/b22-11+. The van der Waals surface area contributed by atoms with Gasteiger partial charge in [-0.05, 0) is 70.4 Å². The van der Waals surface area contributed by atoms with E-state index < -0.39 is 0 Å². The first kappa shape index (κ1) is 25.1. The van der Waals surface area contributed by atoms with Crippen LogP contribution in [0.1, 0.15) is 16.7 Å². The van der Waals surface area contributed by atoms with Gasteiger partial charge in [0.15, 0.2) is 15.8 Å². The van der Waals surface area contributed by atoms with Crippen LogP contribution in [0.5, 0.6) is 11.5 Å². The number of ether oxygens (including phenoxy) is 2. The summed E-state index contributed by atoms with van der Waals surface area (Å²) < 4.78 is 12.7. The van der Waals surface area contributed by atoms with Crippen LogP contribution in [0.2, 0.25) is 10.0 Å². The molecule has 0 N–H and O–H groups in total. The molecule has 1 saturated heterocycles. The predicted molar refractivity (Wildman–Crippen MR) is 148 cm³/mol. The van der Waals surface area contributed by atoms with E-state index in [2.05, 4.69) is 15.9 Å². The van der Waals surface area contributed by atoms with Gasteiger partial charge in [0.25, 0.3) is 5.91 Å². The number of aryl methyl sites for hydroxylation is 1. The third kappa shape index (κ3) is 5.29. The molecule has 4 rings (SSSR count). The van der Waals surface area contributed by atoms with Crippen molar-refractivity contribution in [2.45, 2.75) is 13.5 Å². The average molecular weight is 595 g/mol. The number of thioether (sulfide) groups is 1. The van der Waals surface area contributed by atoms with Gasteiger partial charge in [-0.15, -0.1) is 0 Å². The Hall–Kier alpha value is -2.03. The van der Waals surface area contributed by atoms with Crippen molar-refractivity contribution in [3.8, 4) is 11.5 Å². The molecule has 34 heavy (non-hydrogen) atoms. The summed E-state index contributed by atoms with van der Waals surface area (Å²) in [5, 5.41) is 1.08. The maximum atomic E-state index is 13.2. The van der Waals surface area contributed by atoms with Gasteiger partial charge < -0.3 is 9.47 Å². The molecular formula is C25H18BrCl2NO3S2. The molecule has 0 atom stereocenters. The minimum absolute atomic E-state index is 0.155. The number of rotatable bonds is 6. The predicted octanol–water partition coefficient (Wildman–Crippen LogP) is 8.06. The summed E-state index contributed by atoms with van der Waals surface area (Å²) in [7, 11) is 1.56. The molecule has 0 spiro atoms. The monoisotopic (exact) mass is 593 g/mol. The fourth-order valence-corrected chi connectivity index (χ4v) is 5.72. The van der Waals surface area contributed by atoms with E-state index in [0.29, 0.717) is 35.2 Å². The Labute approximate surface area is 226 Å². The molecule has 3 aromatic carbocycles. The van der Waals surface area contributed by atoms with Gasteiger partial charge in [0.2, 0.25) is 0 Å². The minimum atomic E-state index is -0.155. The number of carbonyl (C=O) groups is 1. The Bertz CT molecular complexity index is 1330. The van der Waals surface area contributed by atoms with E-state index >= 15 is 0 Å². The number of para-hydroxylation sites is 1. The zero-order valence-corrected chi connectivity index (χ0v) is 22.8. The van der Waals surface area contributed by atoms with Crippen LogP contribution in [0.4, 0.5) is 5.69 Å². The number of amides is 1. The summed E-state index contributed by atoms with van der Waals surface area (Å²) in [6.45, 7) is 2.19. The summed E-state index contributed by atoms with van der Waals surface area (Å²) in [6, 6.07) is 16.6. The van der Waals surface area contributed by atoms with Gasteiger partial charge in [0.05, 0.1) is 22.2 Å². The molecule has 1 amide bonds. The number of nitrogens with zero attached hydrogens (tertiary/aromatic N) is 1. The van der Waals surface area contributed by atoms with Crippen molar-refractivity contribution < 1.29 is 14.3 Å². The molecule has 174 valence electrons. The van der Waals surface area contributed by atoms with Crippen LogP contribution < -0.4 is 14.4 Å². The summed E-state index contributed by atoms with van der Waals surface area (Å²) in [6.07, 6.45) is 1.80. The number of hydrogen-bond donors (Lipinski definition) is 0. The highest BCUT2D eigenvalue weighted by molar-refractivity contribution is 9.10. The smallest absolute Gasteiger partial charge is 0.270 e. The van der Waals surface area contributed by atoms with E-state index in [4.69, 9.17) is 44.9 Å². The number of benzene rings is 3. The van der Waals surface area contributed by atoms with Gasteiger partial charge in [-0.1, -0.05) is 71.4 Å². The number of hydrogen-bond acceptors (Lipinski definition) is 5. The van der Waals surface area contributed by atoms with E-state index in [0.717, 1.165) is 22.4 Å². The molecule has 1 aliphatic rings. The van der Waals surface area contributed by atoms with Crippen molar-refractivity contribution >= 4 is 85.1 Å². The van der Waals surface area contributed by atoms with Gasteiger partial charge >= 0.3 is 0 Å². The topological polar surface area (TPSA) is 38.8 Å². The van der Waals surface area contributed by atoms with Gasteiger partial charge in [-0.2, -0.15) is 0 Å². The van der Waals surface area contributed by atoms with Crippen molar-refractivity contribution in [1.82, 2.24) is 0 Å². The lowest BCUT2D eigenvalue weighted by molar-refractivity contribution is -0.113. The Morgan fingerprint density at radius 1 is 1.15 bits per heavy atom. The number of anilines is 1. The highest BCUT2D eigenvalue weighted by Gasteiger charge is 2.34. The van der Waals surface area contributed by atoms with Crippen LogP contribution in [0, 0.1) is 6.92 Å². The van der Waals surface area contributed by atoms with E-state index in [9.17, 15) is 4.79 Å².